The van der Waals surface area contributed by atoms with Gasteiger partial charge >= 0.3 is 0 Å². The summed E-state index contributed by atoms with van der Waals surface area (Å²) in [6, 6.07) is 15.2. The van der Waals surface area contributed by atoms with E-state index < -0.39 is 0 Å². The molecule has 0 fully saturated rings. The van der Waals surface area contributed by atoms with Crippen molar-refractivity contribution in [2.45, 2.75) is 17.7 Å². The molecule has 0 aliphatic rings. The SMILES string of the molecule is C=CCSc1ccccc1NC(=O)CCCOc1ccc(OC)cc1. The Morgan fingerprint density at radius 3 is 2.60 bits per heavy atom. The van der Waals surface area contributed by atoms with E-state index in [1.165, 1.54) is 0 Å². The molecule has 0 saturated heterocycles. The van der Waals surface area contributed by atoms with Crippen molar-refractivity contribution in [1.82, 2.24) is 0 Å². The van der Waals surface area contributed by atoms with Crippen molar-refractivity contribution >= 4 is 23.4 Å². The van der Waals surface area contributed by atoms with Crippen LogP contribution in [-0.2, 0) is 4.79 Å². The Kier molecular flexibility index (Phi) is 7.92. The fraction of sp³-hybridized carbons (Fsp3) is 0.250. The van der Waals surface area contributed by atoms with E-state index in [1.807, 2.05) is 54.6 Å². The minimum Gasteiger partial charge on any atom is -0.497 e. The number of amides is 1. The minimum atomic E-state index is -0.00927. The molecule has 1 amide bonds. The van der Waals surface area contributed by atoms with Gasteiger partial charge in [-0.05, 0) is 42.8 Å². The molecule has 2 rings (SSSR count). The Morgan fingerprint density at radius 2 is 1.88 bits per heavy atom. The van der Waals surface area contributed by atoms with Crippen LogP contribution in [0.25, 0.3) is 0 Å². The van der Waals surface area contributed by atoms with Crippen LogP contribution < -0.4 is 14.8 Å². The van der Waals surface area contributed by atoms with E-state index >= 15 is 0 Å². The van der Waals surface area contributed by atoms with Crippen molar-refractivity contribution in [2.75, 3.05) is 24.8 Å². The van der Waals surface area contributed by atoms with Crippen LogP contribution >= 0.6 is 11.8 Å². The maximum Gasteiger partial charge on any atom is 0.224 e. The van der Waals surface area contributed by atoms with E-state index in [2.05, 4.69) is 11.9 Å². The molecular formula is C20H23NO3S. The number of nitrogens with one attached hydrogen (secondary N) is 1. The van der Waals surface area contributed by atoms with Gasteiger partial charge in [0.2, 0.25) is 5.91 Å². The molecule has 0 aliphatic heterocycles. The van der Waals surface area contributed by atoms with Crippen molar-refractivity contribution in [3.8, 4) is 11.5 Å². The van der Waals surface area contributed by atoms with Gasteiger partial charge in [0.25, 0.3) is 0 Å². The predicted molar refractivity (Wildman–Crippen MR) is 104 cm³/mol. The lowest BCUT2D eigenvalue weighted by Crippen LogP contribution is -2.13. The highest BCUT2D eigenvalue weighted by molar-refractivity contribution is 7.99. The molecule has 0 heterocycles. The molecule has 0 bridgehead atoms. The van der Waals surface area contributed by atoms with Crippen LogP contribution in [0, 0.1) is 0 Å². The van der Waals surface area contributed by atoms with Crippen molar-refractivity contribution in [3.05, 3.63) is 61.2 Å². The summed E-state index contributed by atoms with van der Waals surface area (Å²) in [4.78, 5) is 13.2. The van der Waals surface area contributed by atoms with E-state index in [4.69, 9.17) is 9.47 Å². The number of benzene rings is 2. The van der Waals surface area contributed by atoms with Crippen LogP contribution in [0.3, 0.4) is 0 Å². The Labute approximate surface area is 153 Å². The van der Waals surface area contributed by atoms with Crippen LogP contribution in [0.5, 0.6) is 11.5 Å². The Hall–Kier alpha value is -2.40. The van der Waals surface area contributed by atoms with E-state index in [-0.39, 0.29) is 5.91 Å². The summed E-state index contributed by atoms with van der Waals surface area (Å²) in [5.41, 5.74) is 0.843. The lowest BCUT2D eigenvalue weighted by molar-refractivity contribution is -0.116. The molecule has 0 saturated carbocycles. The number of para-hydroxylation sites is 1. The highest BCUT2D eigenvalue weighted by Crippen LogP contribution is 2.27. The highest BCUT2D eigenvalue weighted by atomic mass is 32.2. The smallest absolute Gasteiger partial charge is 0.224 e. The van der Waals surface area contributed by atoms with Gasteiger partial charge in [0.15, 0.2) is 0 Å². The molecular weight excluding hydrogens is 334 g/mol. The molecule has 0 unspecified atom stereocenters. The third kappa shape index (κ3) is 6.55. The van der Waals surface area contributed by atoms with Crippen LogP contribution in [0.15, 0.2) is 66.1 Å². The van der Waals surface area contributed by atoms with Crippen molar-refractivity contribution in [1.29, 1.82) is 0 Å². The Morgan fingerprint density at radius 1 is 1.16 bits per heavy atom. The second-order valence-corrected chi connectivity index (χ2v) is 6.33. The first-order chi connectivity index (χ1) is 12.2. The number of thioether (sulfide) groups is 1. The quantitative estimate of drug-likeness (QED) is 0.378. The lowest BCUT2D eigenvalue weighted by Gasteiger charge is -2.10. The molecule has 132 valence electrons. The molecule has 0 aromatic heterocycles. The number of methoxy groups -OCH3 is 1. The summed E-state index contributed by atoms with van der Waals surface area (Å²) >= 11 is 1.65. The maximum atomic E-state index is 12.1. The number of carbonyl (C=O) groups is 1. The van der Waals surface area contributed by atoms with E-state index in [0.29, 0.717) is 19.4 Å². The number of anilines is 1. The largest absolute Gasteiger partial charge is 0.497 e. The summed E-state index contributed by atoms with van der Waals surface area (Å²) in [7, 11) is 1.63. The standard InChI is InChI=1S/C20H23NO3S/c1-3-15-25-19-8-5-4-7-18(19)21-20(22)9-6-14-24-17-12-10-16(23-2)11-13-17/h3-5,7-8,10-13H,1,6,9,14-15H2,2H3,(H,21,22). The first-order valence-electron chi connectivity index (χ1n) is 8.12. The summed E-state index contributed by atoms with van der Waals surface area (Å²) in [5, 5.41) is 2.97. The first kappa shape index (κ1) is 18.9. The molecule has 0 spiro atoms. The summed E-state index contributed by atoms with van der Waals surface area (Å²) in [6.07, 6.45) is 2.91. The average Bonchev–Trinajstić information content (AvgIpc) is 2.65. The zero-order valence-corrected chi connectivity index (χ0v) is 15.2. The Balaban J connectivity index is 1.74. The third-order valence-electron chi connectivity index (χ3n) is 3.39. The van der Waals surface area contributed by atoms with Crippen molar-refractivity contribution in [2.24, 2.45) is 0 Å². The molecule has 5 heteroatoms. The summed E-state index contributed by atoms with van der Waals surface area (Å²) in [5.74, 6) is 2.36. The normalized spacial score (nSPS) is 10.1. The minimum absolute atomic E-state index is 0.00927. The highest BCUT2D eigenvalue weighted by Gasteiger charge is 2.07. The van der Waals surface area contributed by atoms with Crippen molar-refractivity contribution < 1.29 is 14.3 Å². The number of ether oxygens (including phenoxy) is 2. The summed E-state index contributed by atoms with van der Waals surface area (Å²) in [6.45, 7) is 4.21. The number of hydrogen-bond acceptors (Lipinski definition) is 4. The molecule has 0 atom stereocenters. The lowest BCUT2D eigenvalue weighted by atomic mass is 10.2. The van der Waals surface area contributed by atoms with Gasteiger partial charge in [-0.25, -0.2) is 0 Å². The monoisotopic (exact) mass is 357 g/mol. The van der Waals surface area contributed by atoms with E-state index in [0.717, 1.165) is 27.8 Å². The van der Waals surface area contributed by atoms with Gasteiger partial charge in [-0.2, -0.15) is 0 Å². The number of rotatable bonds is 10. The van der Waals surface area contributed by atoms with Gasteiger partial charge < -0.3 is 14.8 Å². The van der Waals surface area contributed by atoms with Crippen LogP contribution in [0.1, 0.15) is 12.8 Å². The van der Waals surface area contributed by atoms with Gasteiger partial charge in [-0.3, -0.25) is 4.79 Å². The molecule has 2 aromatic carbocycles. The molecule has 25 heavy (non-hydrogen) atoms. The zero-order chi connectivity index (χ0) is 17.9. The molecule has 4 nitrogen and oxygen atoms in total. The molecule has 0 aliphatic carbocycles. The van der Waals surface area contributed by atoms with Crippen LogP contribution in [-0.4, -0.2) is 25.4 Å². The van der Waals surface area contributed by atoms with Gasteiger partial charge in [0, 0.05) is 17.1 Å². The van der Waals surface area contributed by atoms with Crippen LogP contribution in [0.2, 0.25) is 0 Å². The van der Waals surface area contributed by atoms with Gasteiger partial charge in [0.05, 0.1) is 19.4 Å². The third-order valence-corrected chi connectivity index (χ3v) is 4.46. The topological polar surface area (TPSA) is 47.6 Å². The van der Waals surface area contributed by atoms with Crippen LogP contribution in [0.4, 0.5) is 5.69 Å². The number of hydrogen-bond donors (Lipinski definition) is 1. The maximum absolute atomic E-state index is 12.1. The second kappa shape index (κ2) is 10.5. The fourth-order valence-electron chi connectivity index (χ4n) is 2.15. The second-order valence-electron chi connectivity index (χ2n) is 5.27. The molecule has 0 radical (unpaired) electrons. The first-order valence-corrected chi connectivity index (χ1v) is 9.11. The molecule has 1 N–H and O–H groups in total. The average molecular weight is 357 g/mol. The van der Waals surface area contributed by atoms with Gasteiger partial charge in [0.1, 0.15) is 11.5 Å². The van der Waals surface area contributed by atoms with E-state index in [1.54, 1.807) is 18.9 Å². The van der Waals surface area contributed by atoms with Crippen molar-refractivity contribution in [3.63, 3.8) is 0 Å². The zero-order valence-electron chi connectivity index (χ0n) is 14.4. The van der Waals surface area contributed by atoms with Gasteiger partial charge in [-0.15, -0.1) is 18.3 Å². The fourth-order valence-corrected chi connectivity index (χ4v) is 2.90. The summed E-state index contributed by atoms with van der Waals surface area (Å²) < 4.78 is 10.7. The van der Waals surface area contributed by atoms with Gasteiger partial charge in [-0.1, -0.05) is 18.2 Å². The van der Waals surface area contributed by atoms with E-state index in [9.17, 15) is 4.79 Å². The molecule has 2 aromatic rings. The number of carbonyl (C=O) groups excluding carboxylic acids is 1. The predicted octanol–water partition coefficient (Wildman–Crippen LogP) is 4.77. The Bertz CT molecular complexity index is 686.